The second-order valence-electron chi connectivity index (χ2n) is 5.10. The van der Waals surface area contributed by atoms with Crippen LogP contribution in [-0.2, 0) is 4.74 Å². The molecule has 15 heavy (non-hydrogen) atoms. The van der Waals surface area contributed by atoms with Crippen LogP contribution < -0.4 is 5.32 Å². The summed E-state index contributed by atoms with van der Waals surface area (Å²) in [5.74, 6) is 4.06. The summed E-state index contributed by atoms with van der Waals surface area (Å²) in [4.78, 5) is 0. The third kappa shape index (κ3) is 3.11. The highest BCUT2D eigenvalue weighted by molar-refractivity contribution is 7.99. The molecule has 0 aromatic carbocycles. The van der Waals surface area contributed by atoms with Crippen molar-refractivity contribution in [2.24, 2.45) is 11.8 Å². The van der Waals surface area contributed by atoms with E-state index < -0.39 is 0 Å². The van der Waals surface area contributed by atoms with Crippen molar-refractivity contribution in [2.75, 3.05) is 24.7 Å². The quantitative estimate of drug-likeness (QED) is 0.798. The normalized spacial score (nSPS) is 36.6. The van der Waals surface area contributed by atoms with Gasteiger partial charge in [-0.15, -0.1) is 0 Å². The standard InChI is InChI=1S/C12H23NOS/c1-9(2)12-10(3-5-14-12)7-13-11-4-6-15-8-11/h9-13H,3-8H2,1-2H3. The Hall–Kier alpha value is 0.270. The Labute approximate surface area is 97.5 Å². The van der Waals surface area contributed by atoms with Crippen molar-refractivity contribution in [3.8, 4) is 0 Å². The number of hydrogen-bond acceptors (Lipinski definition) is 3. The summed E-state index contributed by atoms with van der Waals surface area (Å²) in [6.07, 6.45) is 3.09. The second kappa shape index (κ2) is 5.55. The van der Waals surface area contributed by atoms with Gasteiger partial charge in [0.2, 0.25) is 0 Å². The molecule has 1 N–H and O–H groups in total. The molecule has 2 nitrogen and oxygen atoms in total. The van der Waals surface area contributed by atoms with Gasteiger partial charge in [-0.25, -0.2) is 0 Å². The van der Waals surface area contributed by atoms with Crippen molar-refractivity contribution in [2.45, 2.75) is 38.8 Å². The predicted molar refractivity (Wildman–Crippen MR) is 66.4 cm³/mol. The lowest BCUT2D eigenvalue weighted by molar-refractivity contribution is 0.0536. The molecule has 0 radical (unpaired) electrons. The number of ether oxygens (including phenoxy) is 1. The number of hydrogen-bond donors (Lipinski definition) is 1. The van der Waals surface area contributed by atoms with E-state index in [0.29, 0.717) is 12.0 Å². The van der Waals surface area contributed by atoms with Gasteiger partial charge in [0.15, 0.2) is 0 Å². The molecule has 3 atom stereocenters. The molecule has 2 aliphatic heterocycles. The predicted octanol–water partition coefficient (Wildman–Crippen LogP) is 2.14. The molecule has 3 heteroatoms. The lowest BCUT2D eigenvalue weighted by atomic mass is 9.93. The van der Waals surface area contributed by atoms with Crippen LogP contribution in [0.2, 0.25) is 0 Å². The van der Waals surface area contributed by atoms with Crippen molar-refractivity contribution < 1.29 is 4.74 Å². The molecule has 2 saturated heterocycles. The van der Waals surface area contributed by atoms with E-state index in [-0.39, 0.29) is 0 Å². The Morgan fingerprint density at radius 2 is 2.27 bits per heavy atom. The molecule has 2 aliphatic rings. The molecular formula is C12H23NOS. The van der Waals surface area contributed by atoms with Crippen LogP contribution in [0.5, 0.6) is 0 Å². The van der Waals surface area contributed by atoms with Gasteiger partial charge in [-0.1, -0.05) is 13.8 Å². The number of nitrogens with one attached hydrogen (secondary N) is 1. The first kappa shape index (κ1) is 11.7. The molecule has 2 heterocycles. The summed E-state index contributed by atoms with van der Waals surface area (Å²) in [5, 5.41) is 3.71. The topological polar surface area (TPSA) is 21.3 Å². The van der Waals surface area contributed by atoms with E-state index in [1.165, 1.54) is 24.3 Å². The van der Waals surface area contributed by atoms with Crippen molar-refractivity contribution >= 4 is 11.8 Å². The van der Waals surface area contributed by atoms with Crippen molar-refractivity contribution in [1.29, 1.82) is 0 Å². The van der Waals surface area contributed by atoms with Gasteiger partial charge in [0.25, 0.3) is 0 Å². The SMILES string of the molecule is CC(C)C1OCCC1CNC1CCSC1. The maximum Gasteiger partial charge on any atom is 0.0639 e. The van der Waals surface area contributed by atoms with E-state index in [1.807, 2.05) is 0 Å². The Morgan fingerprint density at radius 3 is 2.93 bits per heavy atom. The van der Waals surface area contributed by atoms with E-state index >= 15 is 0 Å². The van der Waals surface area contributed by atoms with E-state index in [4.69, 9.17) is 4.74 Å². The van der Waals surface area contributed by atoms with Gasteiger partial charge in [-0.3, -0.25) is 0 Å². The molecule has 0 saturated carbocycles. The summed E-state index contributed by atoms with van der Waals surface area (Å²) in [6, 6.07) is 0.767. The van der Waals surface area contributed by atoms with E-state index in [2.05, 4.69) is 30.9 Å². The van der Waals surface area contributed by atoms with Gasteiger partial charge >= 0.3 is 0 Å². The van der Waals surface area contributed by atoms with Crippen LogP contribution in [0.3, 0.4) is 0 Å². The molecular weight excluding hydrogens is 206 g/mol. The lowest BCUT2D eigenvalue weighted by Crippen LogP contribution is -2.37. The van der Waals surface area contributed by atoms with Crippen LogP contribution in [0.25, 0.3) is 0 Å². The molecule has 0 aliphatic carbocycles. The maximum absolute atomic E-state index is 5.80. The van der Waals surface area contributed by atoms with Crippen LogP contribution in [0.4, 0.5) is 0 Å². The van der Waals surface area contributed by atoms with Crippen molar-refractivity contribution in [3.63, 3.8) is 0 Å². The van der Waals surface area contributed by atoms with Crippen LogP contribution in [-0.4, -0.2) is 36.8 Å². The fraction of sp³-hybridized carbons (Fsp3) is 1.00. The summed E-state index contributed by atoms with van der Waals surface area (Å²) in [5.41, 5.74) is 0. The van der Waals surface area contributed by atoms with Crippen molar-refractivity contribution in [3.05, 3.63) is 0 Å². The molecule has 0 aromatic heterocycles. The van der Waals surface area contributed by atoms with Gasteiger partial charge in [0, 0.05) is 24.9 Å². The Kier molecular flexibility index (Phi) is 4.35. The van der Waals surface area contributed by atoms with Crippen LogP contribution in [0.15, 0.2) is 0 Å². The molecule has 3 unspecified atom stereocenters. The molecule has 0 amide bonds. The van der Waals surface area contributed by atoms with Gasteiger partial charge in [0.1, 0.15) is 0 Å². The molecule has 88 valence electrons. The van der Waals surface area contributed by atoms with Crippen LogP contribution >= 0.6 is 11.8 Å². The third-order valence-electron chi connectivity index (χ3n) is 3.52. The summed E-state index contributed by atoms with van der Waals surface area (Å²) in [6.45, 7) is 6.67. The molecule has 0 aromatic rings. The molecule has 2 fully saturated rings. The summed E-state index contributed by atoms with van der Waals surface area (Å²) >= 11 is 2.08. The summed E-state index contributed by atoms with van der Waals surface area (Å²) in [7, 11) is 0. The minimum absolute atomic E-state index is 0.492. The highest BCUT2D eigenvalue weighted by atomic mass is 32.2. The van der Waals surface area contributed by atoms with Crippen LogP contribution in [0.1, 0.15) is 26.7 Å². The zero-order valence-corrected chi connectivity index (χ0v) is 10.7. The monoisotopic (exact) mass is 229 g/mol. The van der Waals surface area contributed by atoms with Gasteiger partial charge in [-0.05, 0) is 30.4 Å². The molecule has 0 spiro atoms. The highest BCUT2D eigenvalue weighted by Crippen LogP contribution is 2.26. The molecule has 2 rings (SSSR count). The minimum atomic E-state index is 0.492. The fourth-order valence-electron chi connectivity index (χ4n) is 2.62. The average Bonchev–Trinajstić information content (AvgIpc) is 2.86. The lowest BCUT2D eigenvalue weighted by Gasteiger charge is -2.23. The Bertz CT molecular complexity index is 192. The minimum Gasteiger partial charge on any atom is -0.378 e. The smallest absolute Gasteiger partial charge is 0.0639 e. The van der Waals surface area contributed by atoms with Gasteiger partial charge < -0.3 is 10.1 Å². The second-order valence-corrected chi connectivity index (χ2v) is 6.25. The summed E-state index contributed by atoms with van der Waals surface area (Å²) < 4.78 is 5.80. The zero-order chi connectivity index (χ0) is 10.7. The fourth-order valence-corrected chi connectivity index (χ4v) is 3.81. The van der Waals surface area contributed by atoms with Crippen LogP contribution in [0, 0.1) is 11.8 Å². The van der Waals surface area contributed by atoms with Gasteiger partial charge in [0.05, 0.1) is 6.10 Å². The largest absolute Gasteiger partial charge is 0.378 e. The zero-order valence-electron chi connectivity index (χ0n) is 9.87. The number of thioether (sulfide) groups is 1. The first-order chi connectivity index (χ1) is 7.27. The van der Waals surface area contributed by atoms with E-state index in [0.717, 1.165) is 25.1 Å². The van der Waals surface area contributed by atoms with E-state index in [9.17, 15) is 0 Å². The van der Waals surface area contributed by atoms with Gasteiger partial charge in [-0.2, -0.15) is 11.8 Å². The third-order valence-corrected chi connectivity index (χ3v) is 4.68. The van der Waals surface area contributed by atoms with E-state index in [1.54, 1.807) is 0 Å². The first-order valence-electron chi connectivity index (χ1n) is 6.20. The maximum atomic E-state index is 5.80. The average molecular weight is 229 g/mol. The first-order valence-corrected chi connectivity index (χ1v) is 7.35. The Morgan fingerprint density at radius 1 is 1.40 bits per heavy atom. The molecule has 0 bridgehead atoms. The Balaban J connectivity index is 1.73. The highest BCUT2D eigenvalue weighted by Gasteiger charge is 2.31. The van der Waals surface area contributed by atoms with Crippen molar-refractivity contribution in [1.82, 2.24) is 5.32 Å². The number of rotatable bonds is 4.